The van der Waals surface area contributed by atoms with Crippen molar-refractivity contribution >= 4 is 5.69 Å². The summed E-state index contributed by atoms with van der Waals surface area (Å²) >= 11 is 0. The summed E-state index contributed by atoms with van der Waals surface area (Å²) in [4.78, 5) is 0. The Hall–Kier alpha value is -1.02. The van der Waals surface area contributed by atoms with Crippen LogP contribution in [0.4, 0.5) is 5.69 Å². The number of fused-ring (bicyclic) bond motifs is 1. The van der Waals surface area contributed by atoms with E-state index in [0.29, 0.717) is 0 Å². The molecular weight excluding hydrogens is 138 g/mol. The van der Waals surface area contributed by atoms with E-state index in [2.05, 4.69) is 17.4 Å². The largest absolute Gasteiger partial charge is 0.356 e. The number of para-hydroxylation sites is 1. The molecule has 11 heavy (non-hydrogen) atoms. The van der Waals surface area contributed by atoms with Crippen molar-refractivity contribution in [2.45, 2.75) is 6.42 Å². The molecule has 0 bridgehead atoms. The quantitative estimate of drug-likeness (QED) is 0.605. The third-order valence-electron chi connectivity index (χ3n) is 1.80. The highest BCUT2D eigenvalue weighted by molar-refractivity contribution is 5.52. The minimum Gasteiger partial charge on any atom is -0.356 e. The molecule has 1 aliphatic heterocycles. The molecule has 0 spiro atoms. The average Bonchev–Trinajstić information content (AvgIpc) is 2.28. The first-order valence-electron chi connectivity index (χ1n) is 3.74. The third-order valence-corrected chi connectivity index (χ3v) is 1.80. The second-order valence-electron chi connectivity index (χ2n) is 2.54. The van der Waals surface area contributed by atoms with E-state index in [4.69, 9.17) is 4.74 Å². The summed E-state index contributed by atoms with van der Waals surface area (Å²) < 4.78 is 5.14. The van der Waals surface area contributed by atoms with Crippen LogP contribution in [0.15, 0.2) is 24.3 Å². The molecule has 0 amide bonds. The lowest BCUT2D eigenvalue weighted by molar-refractivity contribution is 0.215. The normalized spacial score (nSPS) is 16.4. The fourth-order valence-corrected chi connectivity index (χ4v) is 1.21. The fraction of sp³-hybridized carbons (Fsp3) is 0.222. The van der Waals surface area contributed by atoms with Crippen LogP contribution in [0.1, 0.15) is 5.56 Å². The van der Waals surface area contributed by atoms with Gasteiger partial charge in [0.25, 0.3) is 0 Å². The molecule has 0 saturated carbocycles. The molecule has 1 N–H and O–H groups in total. The van der Waals surface area contributed by atoms with Gasteiger partial charge in [-0.3, -0.25) is 0 Å². The van der Waals surface area contributed by atoms with Gasteiger partial charge in [-0.15, -0.1) is 0 Å². The summed E-state index contributed by atoms with van der Waals surface area (Å²) in [6.07, 6.45) is 0.986. The van der Waals surface area contributed by atoms with Crippen molar-refractivity contribution in [3.8, 4) is 0 Å². The predicted molar refractivity (Wildman–Crippen MR) is 44.0 cm³/mol. The number of ether oxygens (including phenoxy) is 1. The first-order chi connectivity index (χ1) is 5.47. The van der Waals surface area contributed by atoms with Crippen LogP contribution in [-0.2, 0) is 11.2 Å². The van der Waals surface area contributed by atoms with Crippen LogP contribution in [0.2, 0.25) is 0 Å². The zero-order valence-corrected chi connectivity index (χ0v) is 6.21. The van der Waals surface area contributed by atoms with Crippen LogP contribution in [-0.4, -0.2) is 6.61 Å². The second kappa shape index (κ2) is 2.93. The van der Waals surface area contributed by atoms with E-state index in [9.17, 15) is 0 Å². The van der Waals surface area contributed by atoms with Crippen molar-refractivity contribution in [3.63, 3.8) is 0 Å². The molecule has 0 atom stereocenters. The Morgan fingerprint density at radius 2 is 2.18 bits per heavy atom. The predicted octanol–water partition coefficient (Wildman–Crippen LogP) is 1.79. The van der Waals surface area contributed by atoms with Gasteiger partial charge in [0.15, 0.2) is 6.73 Å². The van der Waals surface area contributed by atoms with Gasteiger partial charge in [-0.05, 0) is 18.1 Å². The van der Waals surface area contributed by atoms with Crippen LogP contribution >= 0.6 is 0 Å². The van der Waals surface area contributed by atoms with E-state index in [-0.39, 0.29) is 0 Å². The minimum absolute atomic E-state index is 0.768. The van der Waals surface area contributed by atoms with E-state index in [1.807, 2.05) is 12.1 Å². The van der Waals surface area contributed by atoms with Gasteiger partial charge in [0, 0.05) is 5.69 Å². The molecular formula is C9H10NO. The van der Waals surface area contributed by atoms with Gasteiger partial charge < -0.3 is 10.1 Å². The zero-order chi connectivity index (χ0) is 7.52. The van der Waals surface area contributed by atoms with Crippen LogP contribution in [0.3, 0.4) is 0 Å². The first kappa shape index (κ1) is 6.68. The fourth-order valence-electron chi connectivity index (χ4n) is 1.21. The maximum Gasteiger partial charge on any atom is 0.172 e. The summed E-state index contributed by atoms with van der Waals surface area (Å²) in [5.74, 6) is 0. The molecule has 2 rings (SSSR count). The van der Waals surface area contributed by atoms with E-state index in [1.54, 1.807) is 6.73 Å². The zero-order valence-electron chi connectivity index (χ0n) is 6.21. The highest BCUT2D eigenvalue weighted by Gasteiger charge is 2.04. The standard InChI is InChI=1S/C9H10NO/c1-2-4-9-8(3-1)5-6-11-7-10-9/h1-4,7,10H,5-6H2. The number of hydrogen-bond donors (Lipinski definition) is 1. The van der Waals surface area contributed by atoms with Crippen LogP contribution in [0, 0.1) is 6.73 Å². The Morgan fingerprint density at radius 3 is 3.18 bits per heavy atom. The molecule has 2 heteroatoms. The molecule has 0 aliphatic carbocycles. The summed E-state index contributed by atoms with van der Waals surface area (Å²) in [5, 5.41) is 3.08. The Morgan fingerprint density at radius 1 is 1.27 bits per heavy atom. The van der Waals surface area contributed by atoms with Gasteiger partial charge in [-0.25, -0.2) is 0 Å². The summed E-state index contributed by atoms with van der Waals surface area (Å²) in [6.45, 7) is 2.41. The first-order valence-corrected chi connectivity index (χ1v) is 3.74. The summed E-state index contributed by atoms with van der Waals surface area (Å²) in [6, 6.07) is 8.24. The van der Waals surface area contributed by atoms with E-state index < -0.39 is 0 Å². The molecule has 1 heterocycles. The topological polar surface area (TPSA) is 21.3 Å². The second-order valence-corrected chi connectivity index (χ2v) is 2.54. The van der Waals surface area contributed by atoms with Gasteiger partial charge in [0.05, 0.1) is 6.61 Å². The monoisotopic (exact) mass is 148 g/mol. The molecule has 0 saturated heterocycles. The van der Waals surface area contributed by atoms with Crippen molar-refractivity contribution in [2.24, 2.45) is 0 Å². The molecule has 1 aromatic carbocycles. The van der Waals surface area contributed by atoms with Crippen molar-refractivity contribution in [1.82, 2.24) is 0 Å². The number of hydrogen-bond acceptors (Lipinski definition) is 2. The summed E-state index contributed by atoms with van der Waals surface area (Å²) in [7, 11) is 0. The molecule has 0 fully saturated rings. The highest BCUT2D eigenvalue weighted by atomic mass is 16.5. The van der Waals surface area contributed by atoms with Crippen molar-refractivity contribution in [3.05, 3.63) is 36.6 Å². The molecule has 1 aromatic rings. The van der Waals surface area contributed by atoms with Crippen molar-refractivity contribution < 1.29 is 4.74 Å². The SMILES string of the molecule is [CH]1Nc2ccccc2CCO1. The van der Waals surface area contributed by atoms with Gasteiger partial charge in [0.2, 0.25) is 0 Å². The Balaban J connectivity index is 2.33. The lowest BCUT2D eigenvalue weighted by Crippen LogP contribution is -1.95. The molecule has 2 nitrogen and oxygen atoms in total. The van der Waals surface area contributed by atoms with Gasteiger partial charge in [-0.2, -0.15) is 0 Å². The Bertz CT molecular complexity index is 222. The van der Waals surface area contributed by atoms with E-state index >= 15 is 0 Å². The van der Waals surface area contributed by atoms with Crippen LogP contribution < -0.4 is 5.32 Å². The molecule has 1 radical (unpaired) electrons. The maximum absolute atomic E-state index is 5.14. The lowest BCUT2D eigenvalue weighted by atomic mass is 10.1. The highest BCUT2D eigenvalue weighted by Crippen LogP contribution is 2.18. The van der Waals surface area contributed by atoms with Crippen LogP contribution in [0.5, 0.6) is 0 Å². The molecule has 57 valence electrons. The van der Waals surface area contributed by atoms with Gasteiger partial charge in [0.1, 0.15) is 0 Å². The molecule has 0 unspecified atom stereocenters. The van der Waals surface area contributed by atoms with Gasteiger partial charge >= 0.3 is 0 Å². The molecule has 0 aromatic heterocycles. The maximum atomic E-state index is 5.14. The van der Waals surface area contributed by atoms with E-state index in [1.165, 1.54) is 5.56 Å². The smallest absolute Gasteiger partial charge is 0.172 e. The average molecular weight is 148 g/mol. The van der Waals surface area contributed by atoms with Gasteiger partial charge in [-0.1, -0.05) is 18.2 Å². The number of rotatable bonds is 0. The number of nitrogens with one attached hydrogen (secondary N) is 1. The van der Waals surface area contributed by atoms with E-state index in [0.717, 1.165) is 18.7 Å². The minimum atomic E-state index is 0.768. The molecule has 1 aliphatic rings. The Kier molecular flexibility index (Phi) is 1.78. The van der Waals surface area contributed by atoms with Crippen molar-refractivity contribution in [2.75, 3.05) is 11.9 Å². The summed E-state index contributed by atoms with van der Waals surface area (Å²) in [5.41, 5.74) is 2.48. The third kappa shape index (κ3) is 1.35. The van der Waals surface area contributed by atoms with Crippen molar-refractivity contribution in [1.29, 1.82) is 0 Å². The Labute approximate surface area is 66.2 Å². The number of anilines is 1. The van der Waals surface area contributed by atoms with Crippen LogP contribution in [0.25, 0.3) is 0 Å². The number of benzene rings is 1. The lowest BCUT2D eigenvalue weighted by Gasteiger charge is -2.03.